The second kappa shape index (κ2) is 6.66. The van der Waals surface area contributed by atoms with Crippen LogP contribution in [0.2, 0.25) is 0 Å². The van der Waals surface area contributed by atoms with Gasteiger partial charge < -0.3 is 11.5 Å². The molecule has 0 aliphatic rings. The topological polar surface area (TPSA) is 52.0 Å². The Bertz CT molecular complexity index is 51.5. The highest BCUT2D eigenvalue weighted by atomic mass is 14.5. The first-order valence-electron chi connectivity index (χ1n) is 2.97. The molecule has 0 bridgehead atoms. The molecule has 0 heterocycles. The third-order valence-corrected chi connectivity index (χ3v) is 0.833. The van der Waals surface area contributed by atoms with Gasteiger partial charge in [0, 0.05) is 0 Å². The lowest BCUT2D eigenvalue weighted by molar-refractivity contribution is 0.970. The molecule has 0 amide bonds. The Labute approximate surface area is 50.6 Å². The Morgan fingerprint density at radius 2 is 1.25 bits per heavy atom. The summed E-state index contributed by atoms with van der Waals surface area (Å²) in [6.07, 6.45) is 6.07. The summed E-state index contributed by atoms with van der Waals surface area (Å²) in [5.41, 5.74) is 10.5. The Morgan fingerprint density at radius 1 is 0.875 bits per heavy atom. The predicted octanol–water partition coefficient (Wildman–Crippen LogP) is 0.240. The lowest BCUT2D eigenvalue weighted by Crippen LogP contribution is -1.97. The highest BCUT2D eigenvalue weighted by Crippen LogP contribution is 1.81. The van der Waals surface area contributed by atoms with Crippen LogP contribution in [0.15, 0.2) is 12.2 Å². The third kappa shape index (κ3) is 5.66. The summed E-state index contributed by atoms with van der Waals surface area (Å²) >= 11 is 0. The van der Waals surface area contributed by atoms with Gasteiger partial charge in [0.25, 0.3) is 0 Å². The Hall–Kier alpha value is -0.340. The molecular formula is C6H14N2. The van der Waals surface area contributed by atoms with Crippen molar-refractivity contribution in [3.63, 3.8) is 0 Å². The highest BCUT2D eigenvalue weighted by Gasteiger charge is 1.72. The summed E-state index contributed by atoms with van der Waals surface area (Å²) in [5.74, 6) is 0. The van der Waals surface area contributed by atoms with E-state index in [0.717, 1.165) is 25.9 Å². The maximum Gasteiger partial charge on any atom is -0.00426 e. The molecule has 0 unspecified atom stereocenters. The molecule has 0 aliphatic carbocycles. The van der Waals surface area contributed by atoms with Gasteiger partial charge in [-0.25, -0.2) is 0 Å². The first-order valence-corrected chi connectivity index (χ1v) is 2.97. The molecule has 0 aliphatic heterocycles. The van der Waals surface area contributed by atoms with E-state index in [2.05, 4.69) is 12.2 Å². The molecule has 0 saturated heterocycles. The molecule has 2 nitrogen and oxygen atoms in total. The number of nitrogens with two attached hydrogens (primary N) is 2. The molecule has 0 aromatic carbocycles. The summed E-state index contributed by atoms with van der Waals surface area (Å²) in [6, 6.07) is 0. The summed E-state index contributed by atoms with van der Waals surface area (Å²) < 4.78 is 0. The van der Waals surface area contributed by atoms with E-state index in [1.165, 1.54) is 0 Å². The summed E-state index contributed by atoms with van der Waals surface area (Å²) in [5, 5.41) is 0. The largest absolute Gasteiger partial charge is 0.330 e. The van der Waals surface area contributed by atoms with Gasteiger partial charge in [-0.3, -0.25) is 0 Å². The van der Waals surface area contributed by atoms with Crippen LogP contribution in [0.5, 0.6) is 0 Å². The summed E-state index contributed by atoms with van der Waals surface area (Å²) in [4.78, 5) is 0. The minimum absolute atomic E-state index is 0.737. The molecular weight excluding hydrogens is 100 g/mol. The van der Waals surface area contributed by atoms with Crippen molar-refractivity contribution < 1.29 is 0 Å². The minimum Gasteiger partial charge on any atom is -0.330 e. The van der Waals surface area contributed by atoms with E-state index in [4.69, 9.17) is 11.5 Å². The molecule has 48 valence electrons. The van der Waals surface area contributed by atoms with E-state index >= 15 is 0 Å². The molecule has 0 saturated carbocycles. The Balaban J connectivity index is 2.83. The van der Waals surface area contributed by atoms with Gasteiger partial charge in [0.15, 0.2) is 0 Å². The van der Waals surface area contributed by atoms with Gasteiger partial charge in [-0.15, -0.1) is 0 Å². The maximum absolute atomic E-state index is 5.23. The van der Waals surface area contributed by atoms with Crippen molar-refractivity contribution in [2.45, 2.75) is 12.8 Å². The van der Waals surface area contributed by atoms with Crippen LogP contribution in [0.25, 0.3) is 0 Å². The minimum atomic E-state index is 0.737. The fourth-order valence-electron chi connectivity index (χ4n) is 0.428. The van der Waals surface area contributed by atoms with E-state index < -0.39 is 0 Å². The van der Waals surface area contributed by atoms with Gasteiger partial charge in [-0.05, 0) is 25.9 Å². The summed E-state index contributed by atoms with van der Waals surface area (Å²) in [6.45, 7) is 1.47. The highest BCUT2D eigenvalue weighted by molar-refractivity contribution is 4.81. The lowest BCUT2D eigenvalue weighted by atomic mass is 10.3. The van der Waals surface area contributed by atoms with Gasteiger partial charge in [0.05, 0.1) is 0 Å². The zero-order valence-corrected chi connectivity index (χ0v) is 5.14. The molecule has 4 N–H and O–H groups in total. The van der Waals surface area contributed by atoms with Gasteiger partial charge in [-0.2, -0.15) is 0 Å². The van der Waals surface area contributed by atoms with Gasteiger partial charge in [0.1, 0.15) is 0 Å². The molecule has 0 rings (SSSR count). The van der Waals surface area contributed by atoms with Crippen molar-refractivity contribution in [1.29, 1.82) is 0 Å². The van der Waals surface area contributed by atoms with Crippen molar-refractivity contribution in [3.8, 4) is 0 Å². The van der Waals surface area contributed by atoms with Gasteiger partial charge >= 0.3 is 0 Å². The third-order valence-electron chi connectivity index (χ3n) is 0.833. The molecule has 0 aromatic rings. The molecule has 0 atom stereocenters. The first-order chi connectivity index (χ1) is 3.91. The average molecular weight is 114 g/mol. The number of hydrogen-bond acceptors (Lipinski definition) is 2. The SMILES string of the molecule is NCC/C=C/CCN. The van der Waals surface area contributed by atoms with Gasteiger partial charge in [0.2, 0.25) is 0 Å². The predicted molar refractivity (Wildman–Crippen MR) is 36.5 cm³/mol. The van der Waals surface area contributed by atoms with Crippen LogP contribution in [0.1, 0.15) is 12.8 Å². The summed E-state index contributed by atoms with van der Waals surface area (Å²) in [7, 11) is 0. The zero-order chi connectivity index (χ0) is 6.24. The van der Waals surface area contributed by atoms with Crippen molar-refractivity contribution in [3.05, 3.63) is 12.2 Å². The van der Waals surface area contributed by atoms with Crippen molar-refractivity contribution >= 4 is 0 Å². The van der Waals surface area contributed by atoms with Crippen LogP contribution in [0.4, 0.5) is 0 Å². The Kier molecular flexibility index (Phi) is 6.38. The van der Waals surface area contributed by atoms with E-state index in [1.807, 2.05) is 0 Å². The molecule has 8 heavy (non-hydrogen) atoms. The smallest absolute Gasteiger partial charge is 0.00426 e. The van der Waals surface area contributed by atoms with Crippen molar-refractivity contribution in [1.82, 2.24) is 0 Å². The van der Waals surface area contributed by atoms with Crippen LogP contribution in [0, 0.1) is 0 Å². The van der Waals surface area contributed by atoms with E-state index in [9.17, 15) is 0 Å². The fourth-order valence-corrected chi connectivity index (χ4v) is 0.428. The van der Waals surface area contributed by atoms with Crippen LogP contribution in [0.3, 0.4) is 0 Å². The molecule has 0 spiro atoms. The van der Waals surface area contributed by atoms with Gasteiger partial charge in [-0.1, -0.05) is 12.2 Å². The van der Waals surface area contributed by atoms with Crippen LogP contribution >= 0.6 is 0 Å². The molecule has 0 fully saturated rings. The zero-order valence-electron chi connectivity index (χ0n) is 5.14. The monoisotopic (exact) mass is 114 g/mol. The second-order valence-corrected chi connectivity index (χ2v) is 1.63. The second-order valence-electron chi connectivity index (χ2n) is 1.63. The van der Waals surface area contributed by atoms with E-state index in [-0.39, 0.29) is 0 Å². The van der Waals surface area contributed by atoms with Crippen LogP contribution in [-0.4, -0.2) is 13.1 Å². The molecule has 0 aromatic heterocycles. The maximum atomic E-state index is 5.23. The van der Waals surface area contributed by atoms with Crippen molar-refractivity contribution in [2.24, 2.45) is 11.5 Å². The lowest BCUT2D eigenvalue weighted by Gasteiger charge is -1.84. The molecule has 0 radical (unpaired) electrons. The van der Waals surface area contributed by atoms with Crippen LogP contribution in [-0.2, 0) is 0 Å². The first kappa shape index (κ1) is 7.66. The standard InChI is InChI=1S/C6H14N2/c7-5-3-1-2-4-6-8/h1-2H,3-8H2/b2-1+. The molecule has 2 heteroatoms. The number of rotatable bonds is 4. The van der Waals surface area contributed by atoms with Crippen LogP contribution < -0.4 is 11.5 Å². The quantitative estimate of drug-likeness (QED) is 0.514. The van der Waals surface area contributed by atoms with Crippen molar-refractivity contribution in [2.75, 3.05) is 13.1 Å². The van der Waals surface area contributed by atoms with E-state index in [1.54, 1.807) is 0 Å². The number of hydrogen-bond donors (Lipinski definition) is 2. The fraction of sp³-hybridized carbons (Fsp3) is 0.667. The Morgan fingerprint density at radius 3 is 1.50 bits per heavy atom. The van der Waals surface area contributed by atoms with E-state index in [0.29, 0.717) is 0 Å². The average Bonchev–Trinajstić information content (AvgIpc) is 1.81. The normalized spacial score (nSPS) is 10.8.